The van der Waals surface area contributed by atoms with Gasteiger partial charge in [0.2, 0.25) is 0 Å². The number of carbonyl (C=O) groups is 2. The molecule has 17 heavy (non-hydrogen) atoms. The van der Waals surface area contributed by atoms with Crippen LogP contribution in [0.1, 0.15) is 20.3 Å². The first-order chi connectivity index (χ1) is 8.19. The van der Waals surface area contributed by atoms with Crippen LogP contribution in [0.2, 0.25) is 0 Å². The first-order valence-corrected chi connectivity index (χ1v) is 5.72. The Morgan fingerprint density at radius 2 is 1.88 bits per heavy atom. The predicted octanol–water partition coefficient (Wildman–Crippen LogP) is 2.09. The van der Waals surface area contributed by atoms with Crippen LogP contribution in [0.15, 0.2) is 24.4 Å². The summed E-state index contributed by atoms with van der Waals surface area (Å²) >= 11 is 0. The molecule has 6 heteroatoms. The summed E-state index contributed by atoms with van der Waals surface area (Å²) in [5.41, 5.74) is 1.05. The van der Waals surface area contributed by atoms with Crippen molar-refractivity contribution in [2.24, 2.45) is 0 Å². The standard InChI is InChI=1S/C11H10NO4P/c1-15-10(13)8-7-5-3-4-6-12(7)9(17-8)11(14)16-2/h3-6H,1-2H3. The lowest BCUT2D eigenvalue weighted by molar-refractivity contribution is 0.0594. The van der Waals surface area contributed by atoms with Crippen LogP contribution < -0.4 is 0 Å². The van der Waals surface area contributed by atoms with Crippen molar-refractivity contribution in [1.29, 1.82) is 0 Å². The van der Waals surface area contributed by atoms with Crippen molar-refractivity contribution >= 4 is 25.6 Å². The SMILES string of the molecule is COC(=O)c1pc(C(=O)OC)n2ccccc12. The highest BCUT2D eigenvalue weighted by molar-refractivity contribution is 7.35. The second-order valence-corrected chi connectivity index (χ2v) is 4.32. The van der Waals surface area contributed by atoms with E-state index < -0.39 is 11.9 Å². The van der Waals surface area contributed by atoms with Crippen molar-refractivity contribution < 1.29 is 19.1 Å². The Balaban J connectivity index is 2.71. The number of methoxy groups -OCH3 is 2. The maximum atomic E-state index is 11.6. The molecule has 0 aliphatic carbocycles. The van der Waals surface area contributed by atoms with Crippen LogP contribution in [0.25, 0.3) is 5.52 Å². The summed E-state index contributed by atoms with van der Waals surface area (Å²) in [5, 5.41) is 0.438. The minimum absolute atomic E-state index is 0.392. The van der Waals surface area contributed by atoms with Crippen molar-refractivity contribution in [2.75, 3.05) is 14.2 Å². The molecule has 0 saturated heterocycles. The molecular formula is C11H10NO4P. The lowest BCUT2D eigenvalue weighted by atomic mass is 10.3. The summed E-state index contributed by atoms with van der Waals surface area (Å²) in [4.78, 5) is 23.2. The van der Waals surface area contributed by atoms with Gasteiger partial charge in [0.05, 0.1) is 19.7 Å². The average molecular weight is 251 g/mol. The smallest absolute Gasteiger partial charge is 0.359 e. The van der Waals surface area contributed by atoms with E-state index in [1.165, 1.54) is 14.2 Å². The number of aromatic nitrogens is 1. The highest BCUT2D eigenvalue weighted by atomic mass is 31.0. The number of esters is 2. The number of hydrogen-bond donors (Lipinski definition) is 0. The predicted molar refractivity (Wildman–Crippen MR) is 62.6 cm³/mol. The fourth-order valence-electron chi connectivity index (χ4n) is 1.52. The summed E-state index contributed by atoms with van der Waals surface area (Å²) < 4.78 is 11.0. The molecule has 2 rings (SSSR count). The van der Waals surface area contributed by atoms with Crippen LogP contribution in [0.3, 0.4) is 0 Å². The molecule has 2 aromatic heterocycles. The lowest BCUT2D eigenvalue weighted by Crippen LogP contribution is -2.03. The van der Waals surface area contributed by atoms with Gasteiger partial charge in [-0.3, -0.25) is 0 Å². The summed E-state index contributed by atoms with van der Waals surface area (Å²) in [6, 6.07) is 5.34. The highest BCUT2D eigenvalue weighted by Gasteiger charge is 2.20. The summed E-state index contributed by atoms with van der Waals surface area (Å²) in [6.45, 7) is 0. The van der Waals surface area contributed by atoms with E-state index in [2.05, 4.69) is 4.74 Å². The highest BCUT2D eigenvalue weighted by Crippen LogP contribution is 2.29. The van der Waals surface area contributed by atoms with E-state index in [0.717, 1.165) is 0 Å². The number of ether oxygens (including phenoxy) is 2. The van der Waals surface area contributed by atoms with E-state index in [1.807, 2.05) is 0 Å². The third-order valence-electron chi connectivity index (χ3n) is 2.30. The van der Waals surface area contributed by atoms with Gasteiger partial charge in [0, 0.05) is 6.20 Å². The Hall–Kier alpha value is -1.87. The van der Waals surface area contributed by atoms with E-state index in [4.69, 9.17) is 4.74 Å². The van der Waals surface area contributed by atoms with E-state index in [-0.39, 0.29) is 0 Å². The number of fused-ring (bicyclic) bond motifs is 1. The van der Waals surface area contributed by atoms with Crippen molar-refractivity contribution in [2.45, 2.75) is 0 Å². The van der Waals surface area contributed by atoms with E-state index >= 15 is 0 Å². The molecule has 5 nitrogen and oxygen atoms in total. The van der Waals surface area contributed by atoms with Crippen molar-refractivity contribution in [3.05, 3.63) is 35.1 Å². The largest absolute Gasteiger partial charge is 0.465 e. The lowest BCUT2D eigenvalue weighted by Gasteiger charge is -1.99. The van der Waals surface area contributed by atoms with Crippen molar-refractivity contribution in [3.63, 3.8) is 0 Å². The Bertz CT molecular complexity index is 540. The van der Waals surface area contributed by atoms with Gasteiger partial charge in [-0.25, -0.2) is 9.59 Å². The van der Waals surface area contributed by atoms with Gasteiger partial charge in [0.15, 0.2) is 5.43 Å². The van der Waals surface area contributed by atoms with Crippen LogP contribution in [0.4, 0.5) is 0 Å². The Morgan fingerprint density at radius 1 is 1.18 bits per heavy atom. The Kier molecular flexibility index (Phi) is 3.11. The van der Waals surface area contributed by atoms with Gasteiger partial charge in [0.25, 0.3) is 0 Å². The quantitative estimate of drug-likeness (QED) is 0.767. The normalized spacial score (nSPS) is 10.7. The molecule has 0 fully saturated rings. The summed E-state index contributed by atoms with van der Waals surface area (Å²) in [5.74, 6) is -0.895. The summed E-state index contributed by atoms with van der Waals surface area (Å²) in [6.07, 6.45) is 1.71. The zero-order valence-corrected chi connectivity index (χ0v) is 10.2. The van der Waals surface area contributed by atoms with Gasteiger partial charge in [-0.1, -0.05) is 6.07 Å². The van der Waals surface area contributed by atoms with Gasteiger partial charge in [0.1, 0.15) is 5.30 Å². The second kappa shape index (κ2) is 4.55. The molecule has 2 heterocycles. The molecule has 0 aliphatic heterocycles. The molecule has 88 valence electrons. The van der Waals surface area contributed by atoms with Crippen LogP contribution >= 0.6 is 8.19 Å². The summed E-state index contributed by atoms with van der Waals surface area (Å²) in [7, 11) is 3.12. The molecule has 0 saturated carbocycles. The maximum Gasteiger partial charge on any atom is 0.359 e. The van der Waals surface area contributed by atoms with Crippen LogP contribution in [-0.4, -0.2) is 30.6 Å². The second-order valence-electron chi connectivity index (χ2n) is 3.22. The number of carbonyl (C=O) groups excluding carboxylic acids is 2. The number of pyridine rings is 1. The van der Waals surface area contributed by atoms with Crippen LogP contribution in [0.5, 0.6) is 0 Å². The monoisotopic (exact) mass is 251 g/mol. The Morgan fingerprint density at radius 3 is 2.53 bits per heavy atom. The molecule has 2 aromatic rings. The third-order valence-corrected chi connectivity index (χ3v) is 3.54. The minimum Gasteiger partial charge on any atom is -0.465 e. The van der Waals surface area contributed by atoms with Crippen LogP contribution in [-0.2, 0) is 9.47 Å². The van der Waals surface area contributed by atoms with Gasteiger partial charge in [-0.15, -0.1) is 0 Å². The molecule has 0 unspecified atom stereocenters. The Labute approximate surface area is 99.1 Å². The fraction of sp³-hybridized carbons (Fsp3) is 0.182. The number of nitrogens with zero attached hydrogens (tertiary/aromatic N) is 1. The zero-order chi connectivity index (χ0) is 12.4. The van der Waals surface area contributed by atoms with E-state index in [1.54, 1.807) is 28.8 Å². The molecule has 0 N–H and O–H groups in total. The number of rotatable bonds is 2. The van der Waals surface area contributed by atoms with Crippen molar-refractivity contribution in [3.8, 4) is 0 Å². The van der Waals surface area contributed by atoms with E-state index in [0.29, 0.717) is 24.4 Å². The molecule has 0 atom stereocenters. The fourth-order valence-corrected chi connectivity index (χ4v) is 2.68. The average Bonchev–Trinajstić information content (AvgIpc) is 2.76. The van der Waals surface area contributed by atoms with Crippen molar-refractivity contribution in [1.82, 2.24) is 4.40 Å². The van der Waals surface area contributed by atoms with Gasteiger partial charge in [-0.05, 0) is 20.3 Å². The molecule has 0 radical (unpaired) electrons. The molecule has 0 amide bonds. The van der Waals surface area contributed by atoms with Gasteiger partial charge < -0.3 is 13.9 Å². The van der Waals surface area contributed by atoms with E-state index in [9.17, 15) is 9.59 Å². The molecule has 0 aromatic carbocycles. The topological polar surface area (TPSA) is 57.0 Å². The molecule has 0 spiro atoms. The maximum absolute atomic E-state index is 11.6. The first kappa shape index (κ1) is 11.6. The molecule has 0 bridgehead atoms. The first-order valence-electron chi connectivity index (χ1n) is 4.82. The minimum atomic E-state index is -0.456. The third kappa shape index (κ3) is 1.89. The van der Waals surface area contributed by atoms with Gasteiger partial charge in [-0.2, -0.15) is 0 Å². The molecular weight excluding hydrogens is 241 g/mol. The number of hydrogen-bond acceptors (Lipinski definition) is 4. The molecule has 0 aliphatic rings. The van der Waals surface area contributed by atoms with Gasteiger partial charge >= 0.3 is 11.9 Å². The van der Waals surface area contributed by atoms with Crippen LogP contribution in [0, 0.1) is 0 Å². The zero-order valence-electron chi connectivity index (χ0n) is 9.34.